The predicted molar refractivity (Wildman–Crippen MR) is 72.8 cm³/mol. The molecule has 0 atom stereocenters. The van der Waals surface area contributed by atoms with Gasteiger partial charge in [-0.25, -0.2) is 0 Å². The third kappa shape index (κ3) is 1.62. The zero-order valence-corrected chi connectivity index (χ0v) is 11.1. The Hall–Kier alpha value is -1.48. The lowest BCUT2D eigenvalue weighted by atomic mass is 10.0. The smallest absolute Gasteiger partial charge is 0.237 e. The SMILES string of the molecule is Cn1c2c(c3ccccc31)CN(C(=O)CCl)CC2. The highest BCUT2D eigenvalue weighted by atomic mass is 35.5. The summed E-state index contributed by atoms with van der Waals surface area (Å²) in [5.41, 5.74) is 3.86. The number of nitrogens with zero attached hydrogens (tertiary/aromatic N) is 2. The van der Waals surface area contributed by atoms with Crippen LogP contribution >= 0.6 is 11.6 Å². The fraction of sp³-hybridized carbons (Fsp3) is 0.357. The second-order valence-corrected chi connectivity index (χ2v) is 4.97. The quantitative estimate of drug-likeness (QED) is 0.724. The lowest BCUT2D eigenvalue weighted by Crippen LogP contribution is -2.36. The van der Waals surface area contributed by atoms with E-state index in [2.05, 4.69) is 29.8 Å². The van der Waals surface area contributed by atoms with E-state index in [9.17, 15) is 4.79 Å². The third-order valence-electron chi connectivity index (χ3n) is 3.78. The fourth-order valence-corrected chi connectivity index (χ4v) is 3.00. The Morgan fingerprint density at radius 2 is 2.17 bits per heavy atom. The minimum absolute atomic E-state index is 0.0234. The number of hydrogen-bond donors (Lipinski definition) is 0. The molecule has 0 N–H and O–H groups in total. The molecule has 1 amide bonds. The number of halogens is 1. The number of benzene rings is 1. The second-order valence-electron chi connectivity index (χ2n) is 4.70. The zero-order valence-electron chi connectivity index (χ0n) is 10.3. The van der Waals surface area contributed by atoms with Gasteiger partial charge in [0.1, 0.15) is 5.88 Å². The highest BCUT2D eigenvalue weighted by molar-refractivity contribution is 6.27. The number of fused-ring (bicyclic) bond motifs is 3. The van der Waals surface area contributed by atoms with Crippen molar-refractivity contribution in [2.24, 2.45) is 7.05 Å². The fourth-order valence-electron chi connectivity index (χ4n) is 2.83. The van der Waals surface area contributed by atoms with Crippen molar-refractivity contribution in [1.82, 2.24) is 9.47 Å². The van der Waals surface area contributed by atoms with Gasteiger partial charge in [0.2, 0.25) is 5.91 Å². The van der Waals surface area contributed by atoms with Crippen molar-refractivity contribution in [3.05, 3.63) is 35.5 Å². The van der Waals surface area contributed by atoms with Gasteiger partial charge >= 0.3 is 0 Å². The van der Waals surface area contributed by atoms with Gasteiger partial charge in [0, 0.05) is 48.7 Å². The van der Waals surface area contributed by atoms with Crippen LogP contribution in [0.15, 0.2) is 24.3 Å². The molecule has 0 aliphatic carbocycles. The van der Waals surface area contributed by atoms with Gasteiger partial charge in [-0.1, -0.05) is 18.2 Å². The number of aryl methyl sites for hydroxylation is 1. The first-order valence-electron chi connectivity index (χ1n) is 6.11. The molecule has 94 valence electrons. The van der Waals surface area contributed by atoms with E-state index in [0.29, 0.717) is 6.54 Å². The Labute approximate surface area is 111 Å². The van der Waals surface area contributed by atoms with Crippen molar-refractivity contribution in [1.29, 1.82) is 0 Å². The maximum absolute atomic E-state index is 11.7. The lowest BCUT2D eigenvalue weighted by Gasteiger charge is -2.27. The predicted octanol–water partition coefficient (Wildman–Crippen LogP) is 2.30. The molecular formula is C14H15ClN2O. The van der Waals surface area contributed by atoms with Crippen LogP contribution in [-0.4, -0.2) is 27.8 Å². The summed E-state index contributed by atoms with van der Waals surface area (Å²) in [5.74, 6) is 0.0929. The van der Waals surface area contributed by atoms with Crippen molar-refractivity contribution in [3.63, 3.8) is 0 Å². The molecule has 0 unspecified atom stereocenters. The van der Waals surface area contributed by atoms with Crippen LogP contribution < -0.4 is 0 Å². The molecule has 3 nitrogen and oxygen atoms in total. The molecule has 2 heterocycles. The van der Waals surface area contributed by atoms with E-state index in [0.717, 1.165) is 13.0 Å². The molecule has 0 spiro atoms. The molecular weight excluding hydrogens is 248 g/mol. The highest BCUT2D eigenvalue weighted by Crippen LogP contribution is 2.29. The van der Waals surface area contributed by atoms with Crippen molar-refractivity contribution in [2.75, 3.05) is 12.4 Å². The summed E-state index contributed by atoms with van der Waals surface area (Å²) in [6.07, 6.45) is 0.906. The molecule has 0 radical (unpaired) electrons. The average molecular weight is 263 g/mol. The molecule has 1 aliphatic heterocycles. The molecule has 2 aromatic rings. The van der Waals surface area contributed by atoms with Crippen LogP contribution in [0.25, 0.3) is 10.9 Å². The van der Waals surface area contributed by atoms with E-state index >= 15 is 0 Å². The van der Waals surface area contributed by atoms with Gasteiger partial charge in [-0.3, -0.25) is 4.79 Å². The van der Waals surface area contributed by atoms with Crippen LogP contribution in [-0.2, 0) is 24.8 Å². The molecule has 1 aromatic carbocycles. The van der Waals surface area contributed by atoms with E-state index < -0.39 is 0 Å². The topological polar surface area (TPSA) is 25.2 Å². The van der Waals surface area contributed by atoms with Crippen molar-refractivity contribution in [2.45, 2.75) is 13.0 Å². The molecule has 0 saturated carbocycles. The summed E-state index contributed by atoms with van der Waals surface area (Å²) < 4.78 is 2.24. The maximum atomic E-state index is 11.7. The average Bonchev–Trinajstić information content (AvgIpc) is 2.72. The Morgan fingerprint density at radius 3 is 2.94 bits per heavy atom. The number of hydrogen-bond acceptors (Lipinski definition) is 1. The number of rotatable bonds is 1. The van der Waals surface area contributed by atoms with E-state index in [4.69, 9.17) is 11.6 Å². The van der Waals surface area contributed by atoms with E-state index in [-0.39, 0.29) is 11.8 Å². The van der Waals surface area contributed by atoms with Crippen LogP contribution in [0.2, 0.25) is 0 Å². The molecule has 1 aromatic heterocycles. The Kier molecular flexibility index (Phi) is 2.78. The van der Waals surface area contributed by atoms with Gasteiger partial charge in [-0.05, 0) is 6.07 Å². The first kappa shape index (κ1) is 11.6. The van der Waals surface area contributed by atoms with Crippen molar-refractivity contribution in [3.8, 4) is 0 Å². The molecule has 3 rings (SSSR count). The first-order chi connectivity index (χ1) is 8.72. The number of aromatic nitrogens is 1. The summed E-state index contributed by atoms with van der Waals surface area (Å²) in [6.45, 7) is 1.45. The normalized spacial score (nSPS) is 14.9. The number of carbonyl (C=O) groups is 1. The van der Waals surface area contributed by atoms with Crippen LogP contribution in [0.4, 0.5) is 0 Å². The number of alkyl halides is 1. The molecule has 0 saturated heterocycles. The van der Waals surface area contributed by atoms with Crippen molar-refractivity contribution >= 4 is 28.4 Å². The number of para-hydroxylation sites is 1. The van der Waals surface area contributed by atoms with Gasteiger partial charge in [0.15, 0.2) is 0 Å². The van der Waals surface area contributed by atoms with Gasteiger partial charge in [0.05, 0.1) is 0 Å². The lowest BCUT2D eigenvalue weighted by molar-refractivity contribution is -0.129. The Balaban J connectivity index is 2.10. The number of carbonyl (C=O) groups excluding carboxylic acids is 1. The summed E-state index contributed by atoms with van der Waals surface area (Å²) >= 11 is 5.64. The summed E-state index contributed by atoms with van der Waals surface area (Å²) in [7, 11) is 2.10. The van der Waals surface area contributed by atoms with Crippen LogP contribution in [0, 0.1) is 0 Å². The standard InChI is InChI=1S/C14H15ClN2O/c1-16-12-5-3-2-4-10(12)11-9-17(14(18)8-15)7-6-13(11)16/h2-5H,6-9H2,1H3. The van der Waals surface area contributed by atoms with E-state index in [1.54, 1.807) is 0 Å². The van der Waals surface area contributed by atoms with E-state index in [1.165, 1.54) is 22.2 Å². The summed E-state index contributed by atoms with van der Waals surface area (Å²) in [6, 6.07) is 8.35. The first-order valence-corrected chi connectivity index (χ1v) is 6.64. The molecule has 0 fully saturated rings. The largest absolute Gasteiger partial charge is 0.347 e. The summed E-state index contributed by atoms with van der Waals surface area (Å²) in [5, 5.41) is 1.25. The highest BCUT2D eigenvalue weighted by Gasteiger charge is 2.24. The molecule has 0 bridgehead atoms. The van der Waals surface area contributed by atoms with Crippen LogP contribution in [0.1, 0.15) is 11.3 Å². The third-order valence-corrected chi connectivity index (χ3v) is 4.01. The van der Waals surface area contributed by atoms with E-state index in [1.807, 2.05) is 11.0 Å². The van der Waals surface area contributed by atoms with Gasteiger partial charge in [-0.2, -0.15) is 0 Å². The van der Waals surface area contributed by atoms with Gasteiger partial charge in [0.25, 0.3) is 0 Å². The minimum atomic E-state index is 0.0234. The number of amides is 1. The second kappa shape index (κ2) is 4.32. The molecule has 18 heavy (non-hydrogen) atoms. The monoisotopic (exact) mass is 262 g/mol. The van der Waals surface area contributed by atoms with Crippen LogP contribution in [0.3, 0.4) is 0 Å². The van der Waals surface area contributed by atoms with Gasteiger partial charge < -0.3 is 9.47 Å². The summed E-state index contributed by atoms with van der Waals surface area (Å²) in [4.78, 5) is 13.6. The van der Waals surface area contributed by atoms with Crippen molar-refractivity contribution < 1.29 is 4.79 Å². The molecule has 1 aliphatic rings. The Morgan fingerprint density at radius 1 is 1.39 bits per heavy atom. The molecule has 4 heteroatoms. The maximum Gasteiger partial charge on any atom is 0.237 e. The van der Waals surface area contributed by atoms with Gasteiger partial charge in [-0.15, -0.1) is 11.6 Å². The zero-order chi connectivity index (χ0) is 12.7. The van der Waals surface area contributed by atoms with Crippen LogP contribution in [0.5, 0.6) is 0 Å². The minimum Gasteiger partial charge on any atom is -0.347 e. The Bertz CT molecular complexity index is 618.